The molecule has 30 heavy (non-hydrogen) atoms. The van der Waals surface area contributed by atoms with E-state index in [-0.39, 0.29) is 12.3 Å². The van der Waals surface area contributed by atoms with Crippen LogP contribution in [0.3, 0.4) is 0 Å². The van der Waals surface area contributed by atoms with Gasteiger partial charge in [0.05, 0.1) is 13.2 Å². The average Bonchev–Trinajstić information content (AvgIpc) is 2.83. The summed E-state index contributed by atoms with van der Waals surface area (Å²) in [6, 6.07) is 26.2. The molecule has 0 saturated carbocycles. The number of hydrogen-bond acceptors (Lipinski definition) is 5. The summed E-state index contributed by atoms with van der Waals surface area (Å²) in [5, 5.41) is 0. The maximum atomic E-state index is 6.58. The molecule has 0 amide bonds. The molecule has 0 aliphatic carbocycles. The highest BCUT2D eigenvalue weighted by Crippen LogP contribution is 2.46. The first-order valence-electron chi connectivity index (χ1n) is 10.4. The molecule has 1 fully saturated rings. The second-order valence-corrected chi connectivity index (χ2v) is 7.46. The maximum Gasteiger partial charge on any atom is 0.205 e. The predicted octanol–water partition coefficient (Wildman–Crippen LogP) is 4.44. The van der Waals surface area contributed by atoms with Gasteiger partial charge in [0.25, 0.3) is 0 Å². The van der Waals surface area contributed by atoms with Gasteiger partial charge in [0.2, 0.25) is 5.75 Å². The molecule has 3 aromatic carbocycles. The minimum absolute atomic E-state index is 0.221. The van der Waals surface area contributed by atoms with Crippen LogP contribution in [-0.2, 0) is 11.3 Å². The van der Waals surface area contributed by atoms with Gasteiger partial charge >= 0.3 is 0 Å². The topological polar surface area (TPSA) is 40.2 Å². The van der Waals surface area contributed by atoms with Crippen molar-refractivity contribution in [3.8, 4) is 17.2 Å². The van der Waals surface area contributed by atoms with Crippen molar-refractivity contribution in [3.05, 3.63) is 90.0 Å². The smallest absolute Gasteiger partial charge is 0.205 e. The van der Waals surface area contributed by atoms with Crippen LogP contribution in [-0.4, -0.2) is 37.4 Å². The zero-order chi connectivity index (χ0) is 20.2. The van der Waals surface area contributed by atoms with Crippen LogP contribution in [0.2, 0.25) is 0 Å². The minimum atomic E-state index is -0.245. The molecule has 0 N–H and O–H groups in total. The second kappa shape index (κ2) is 8.78. The van der Waals surface area contributed by atoms with Gasteiger partial charge in [-0.1, -0.05) is 66.7 Å². The molecular formula is C25H25NO4. The van der Waals surface area contributed by atoms with Gasteiger partial charge in [-0.3, -0.25) is 4.90 Å². The van der Waals surface area contributed by atoms with Crippen molar-refractivity contribution in [2.45, 2.75) is 18.9 Å². The fourth-order valence-electron chi connectivity index (χ4n) is 3.90. The van der Waals surface area contributed by atoms with Crippen LogP contribution < -0.4 is 14.2 Å². The standard InChI is InChI=1S/C25H25NO4/c1-3-8-19(9-4-1)18-28-21-12-7-13-22-24(21)30-25(26-14-16-27-17-15-26)23(29-22)20-10-5-2-6-11-20/h1-13,23,25H,14-18H2. The molecular weight excluding hydrogens is 378 g/mol. The number of fused-ring (bicyclic) bond motifs is 1. The molecule has 2 atom stereocenters. The number of hydrogen-bond donors (Lipinski definition) is 0. The lowest BCUT2D eigenvalue weighted by Crippen LogP contribution is -2.51. The Kier molecular flexibility index (Phi) is 5.55. The van der Waals surface area contributed by atoms with Gasteiger partial charge in [-0.05, 0) is 23.3 Å². The highest BCUT2D eigenvalue weighted by atomic mass is 16.6. The summed E-state index contributed by atoms with van der Waals surface area (Å²) >= 11 is 0. The van der Waals surface area contributed by atoms with Crippen LogP contribution in [0.15, 0.2) is 78.9 Å². The van der Waals surface area contributed by atoms with Crippen LogP contribution >= 0.6 is 0 Å². The Morgan fingerprint density at radius 1 is 0.800 bits per heavy atom. The quantitative estimate of drug-likeness (QED) is 0.630. The summed E-state index contributed by atoms with van der Waals surface area (Å²) in [7, 11) is 0. The van der Waals surface area contributed by atoms with E-state index in [1.54, 1.807) is 0 Å². The second-order valence-electron chi connectivity index (χ2n) is 7.46. The van der Waals surface area contributed by atoms with Crippen molar-refractivity contribution in [3.63, 3.8) is 0 Å². The third-order valence-electron chi connectivity index (χ3n) is 5.47. The van der Waals surface area contributed by atoms with Gasteiger partial charge < -0.3 is 18.9 Å². The van der Waals surface area contributed by atoms with Gasteiger partial charge in [0, 0.05) is 13.1 Å². The summed E-state index contributed by atoms with van der Waals surface area (Å²) in [4.78, 5) is 2.29. The third-order valence-corrected chi connectivity index (χ3v) is 5.47. The van der Waals surface area contributed by atoms with Crippen LogP contribution in [0.25, 0.3) is 0 Å². The molecule has 5 nitrogen and oxygen atoms in total. The Balaban J connectivity index is 1.44. The highest BCUT2D eigenvalue weighted by Gasteiger charge is 2.39. The fraction of sp³-hybridized carbons (Fsp3) is 0.280. The van der Waals surface area contributed by atoms with Crippen molar-refractivity contribution in [1.82, 2.24) is 4.90 Å². The van der Waals surface area contributed by atoms with E-state index in [9.17, 15) is 0 Å². The summed E-state index contributed by atoms with van der Waals surface area (Å²) < 4.78 is 24.7. The normalized spacial score (nSPS) is 21.2. The molecule has 2 unspecified atom stereocenters. The molecule has 5 rings (SSSR count). The zero-order valence-electron chi connectivity index (χ0n) is 16.8. The highest BCUT2D eigenvalue weighted by molar-refractivity contribution is 5.52. The van der Waals surface area contributed by atoms with Gasteiger partial charge in [0.1, 0.15) is 6.61 Å². The molecule has 1 saturated heterocycles. The lowest BCUT2D eigenvalue weighted by atomic mass is 10.1. The van der Waals surface area contributed by atoms with Crippen molar-refractivity contribution in [1.29, 1.82) is 0 Å². The Hall–Kier alpha value is -3.02. The number of rotatable bonds is 5. The van der Waals surface area contributed by atoms with Gasteiger partial charge in [-0.2, -0.15) is 0 Å². The Morgan fingerprint density at radius 2 is 1.53 bits per heavy atom. The van der Waals surface area contributed by atoms with E-state index in [1.807, 2.05) is 54.6 Å². The summed E-state index contributed by atoms with van der Waals surface area (Å²) in [6.45, 7) is 3.48. The number of benzene rings is 3. The molecule has 2 aliphatic heterocycles. The molecule has 154 valence electrons. The van der Waals surface area contributed by atoms with Crippen LogP contribution in [0.5, 0.6) is 17.2 Å². The number of morpholine rings is 1. The Morgan fingerprint density at radius 3 is 2.30 bits per heavy atom. The first-order chi connectivity index (χ1) is 14.9. The number of para-hydroxylation sites is 1. The maximum absolute atomic E-state index is 6.58. The molecule has 2 heterocycles. The van der Waals surface area contributed by atoms with Crippen molar-refractivity contribution in [2.75, 3.05) is 26.3 Å². The van der Waals surface area contributed by atoms with E-state index >= 15 is 0 Å². The van der Waals surface area contributed by atoms with Gasteiger partial charge in [0.15, 0.2) is 23.8 Å². The molecule has 0 spiro atoms. The van der Waals surface area contributed by atoms with Crippen LogP contribution in [0.4, 0.5) is 0 Å². The molecule has 0 bridgehead atoms. The average molecular weight is 403 g/mol. The summed E-state index contributed by atoms with van der Waals surface area (Å²) in [6.07, 6.45) is -0.466. The molecule has 2 aliphatic rings. The Bertz CT molecular complexity index is 943. The Labute approximate surface area is 176 Å². The lowest BCUT2D eigenvalue weighted by molar-refractivity contribution is -0.110. The van der Waals surface area contributed by atoms with E-state index in [0.717, 1.165) is 24.2 Å². The van der Waals surface area contributed by atoms with E-state index in [2.05, 4.69) is 29.2 Å². The van der Waals surface area contributed by atoms with E-state index in [0.29, 0.717) is 37.1 Å². The predicted molar refractivity (Wildman–Crippen MR) is 114 cm³/mol. The minimum Gasteiger partial charge on any atom is -0.485 e. The van der Waals surface area contributed by atoms with E-state index in [1.165, 1.54) is 0 Å². The van der Waals surface area contributed by atoms with E-state index in [4.69, 9.17) is 18.9 Å². The van der Waals surface area contributed by atoms with Gasteiger partial charge in [-0.15, -0.1) is 0 Å². The molecule has 0 radical (unpaired) electrons. The van der Waals surface area contributed by atoms with Crippen molar-refractivity contribution >= 4 is 0 Å². The van der Waals surface area contributed by atoms with Gasteiger partial charge in [-0.25, -0.2) is 0 Å². The lowest BCUT2D eigenvalue weighted by Gasteiger charge is -2.42. The largest absolute Gasteiger partial charge is 0.485 e. The first-order valence-corrected chi connectivity index (χ1v) is 10.4. The van der Waals surface area contributed by atoms with Crippen LogP contribution in [0.1, 0.15) is 17.2 Å². The molecule has 5 heteroatoms. The molecule has 3 aromatic rings. The molecule has 0 aromatic heterocycles. The first kappa shape index (κ1) is 19.0. The number of ether oxygens (including phenoxy) is 4. The monoisotopic (exact) mass is 403 g/mol. The number of nitrogens with zero attached hydrogens (tertiary/aromatic N) is 1. The van der Waals surface area contributed by atoms with Crippen molar-refractivity contribution in [2.24, 2.45) is 0 Å². The SMILES string of the molecule is c1ccc(COc2cccc3c2OC(N2CCOCC2)C(c2ccccc2)O3)cc1. The van der Waals surface area contributed by atoms with Crippen LogP contribution in [0, 0.1) is 0 Å². The fourth-order valence-corrected chi connectivity index (χ4v) is 3.90. The van der Waals surface area contributed by atoms with E-state index < -0.39 is 0 Å². The van der Waals surface area contributed by atoms with Crippen molar-refractivity contribution < 1.29 is 18.9 Å². The third kappa shape index (κ3) is 3.99. The summed E-state index contributed by atoms with van der Waals surface area (Å²) in [5.74, 6) is 2.07. The zero-order valence-corrected chi connectivity index (χ0v) is 16.8. The summed E-state index contributed by atoms with van der Waals surface area (Å²) in [5.41, 5.74) is 2.20.